The van der Waals surface area contributed by atoms with E-state index in [1.807, 2.05) is 0 Å². The predicted octanol–water partition coefficient (Wildman–Crippen LogP) is 1.04. The summed E-state index contributed by atoms with van der Waals surface area (Å²) in [5, 5.41) is 12.1. The first-order valence-electron chi connectivity index (χ1n) is 9.29. The molecule has 2 aliphatic heterocycles. The molecule has 0 atom stereocenters. The van der Waals surface area contributed by atoms with Crippen LogP contribution in [0, 0.1) is 0 Å². The van der Waals surface area contributed by atoms with Crippen LogP contribution in [-0.4, -0.2) is 64.6 Å². The van der Waals surface area contributed by atoms with E-state index in [4.69, 9.17) is 15.8 Å². The van der Waals surface area contributed by atoms with Crippen molar-refractivity contribution in [1.82, 2.24) is 14.8 Å². The van der Waals surface area contributed by atoms with E-state index in [2.05, 4.69) is 11.4 Å². The zero-order chi connectivity index (χ0) is 18.5. The Labute approximate surface area is 153 Å². The van der Waals surface area contributed by atoms with Gasteiger partial charge in [0.05, 0.1) is 6.42 Å². The van der Waals surface area contributed by atoms with Crippen molar-refractivity contribution in [2.45, 2.75) is 38.6 Å². The number of aryl methyl sites for hydroxylation is 2. The lowest BCUT2D eigenvalue weighted by Gasteiger charge is -2.21. The highest BCUT2D eigenvalue weighted by molar-refractivity contribution is 5.77. The lowest BCUT2D eigenvalue weighted by molar-refractivity contribution is -0.137. The lowest BCUT2D eigenvalue weighted by atomic mass is 10.0. The maximum Gasteiger partial charge on any atom is 0.320 e. The van der Waals surface area contributed by atoms with Gasteiger partial charge in [-0.25, -0.2) is 9.78 Å². The normalized spacial score (nSPS) is 16.6. The number of carboxylic acids is 1. The van der Waals surface area contributed by atoms with Crippen molar-refractivity contribution in [3.8, 4) is 0 Å². The number of rotatable bonds is 8. The number of carbonyl (C=O) groups excluding carboxylic acids is 1. The zero-order valence-corrected chi connectivity index (χ0v) is 15.0. The van der Waals surface area contributed by atoms with Crippen molar-refractivity contribution in [3.63, 3.8) is 0 Å². The number of nitrogens with two attached hydrogens (primary N) is 1. The highest BCUT2D eigenvalue weighted by Gasteiger charge is 2.28. The second-order valence-electron chi connectivity index (χ2n) is 6.84. The van der Waals surface area contributed by atoms with Crippen molar-refractivity contribution in [2.24, 2.45) is 5.73 Å². The average Bonchev–Trinajstić information content (AvgIpc) is 2.99. The number of urea groups is 1. The van der Waals surface area contributed by atoms with Gasteiger partial charge in [-0.15, -0.1) is 0 Å². The fraction of sp³-hybridized carbons (Fsp3) is 0.611. The van der Waals surface area contributed by atoms with Gasteiger partial charge in [0.15, 0.2) is 0 Å². The van der Waals surface area contributed by atoms with E-state index in [1.54, 1.807) is 9.80 Å². The van der Waals surface area contributed by atoms with Gasteiger partial charge < -0.3 is 26.0 Å². The highest BCUT2D eigenvalue weighted by atomic mass is 16.4. The van der Waals surface area contributed by atoms with Crippen LogP contribution in [-0.2, 0) is 24.2 Å². The Morgan fingerprint density at radius 3 is 2.81 bits per heavy atom. The molecule has 4 N–H and O–H groups in total. The average molecular weight is 361 g/mol. The van der Waals surface area contributed by atoms with Crippen molar-refractivity contribution < 1.29 is 14.7 Å². The van der Waals surface area contributed by atoms with Gasteiger partial charge in [-0.3, -0.25) is 4.79 Å². The predicted molar refractivity (Wildman–Crippen MR) is 98.1 cm³/mol. The molecule has 8 nitrogen and oxygen atoms in total. The maximum absolute atomic E-state index is 12.3. The molecule has 1 aromatic rings. The number of aromatic nitrogens is 1. The third-order valence-electron chi connectivity index (χ3n) is 5.02. The van der Waals surface area contributed by atoms with E-state index in [9.17, 15) is 9.59 Å². The largest absolute Gasteiger partial charge is 0.481 e. The van der Waals surface area contributed by atoms with E-state index in [0.29, 0.717) is 26.2 Å². The van der Waals surface area contributed by atoms with Gasteiger partial charge in [0.1, 0.15) is 5.82 Å². The summed E-state index contributed by atoms with van der Waals surface area (Å²) < 4.78 is 0. The number of hydrogen-bond acceptors (Lipinski definition) is 5. The number of anilines is 1. The van der Waals surface area contributed by atoms with Crippen molar-refractivity contribution in [1.29, 1.82) is 0 Å². The first kappa shape index (κ1) is 18.4. The minimum Gasteiger partial charge on any atom is -0.481 e. The second kappa shape index (κ2) is 8.35. The van der Waals surface area contributed by atoms with Crippen molar-refractivity contribution in [3.05, 3.63) is 22.9 Å². The summed E-state index contributed by atoms with van der Waals surface area (Å²) in [7, 11) is 0. The van der Waals surface area contributed by atoms with Crippen LogP contribution in [0.1, 0.15) is 36.1 Å². The van der Waals surface area contributed by atoms with E-state index >= 15 is 0 Å². The summed E-state index contributed by atoms with van der Waals surface area (Å²) >= 11 is 0. The molecule has 1 fully saturated rings. The molecule has 1 aromatic heterocycles. The molecule has 0 bridgehead atoms. The van der Waals surface area contributed by atoms with Crippen LogP contribution < -0.4 is 11.1 Å². The van der Waals surface area contributed by atoms with E-state index in [-0.39, 0.29) is 19.0 Å². The van der Waals surface area contributed by atoms with Gasteiger partial charge >= 0.3 is 12.0 Å². The molecule has 8 heteroatoms. The minimum absolute atomic E-state index is 0.00845. The number of hydrogen-bond donors (Lipinski definition) is 3. The maximum atomic E-state index is 12.3. The minimum atomic E-state index is -0.877. The van der Waals surface area contributed by atoms with Crippen LogP contribution in [0.2, 0.25) is 0 Å². The molecule has 142 valence electrons. The molecule has 2 aliphatic rings. The van der Waals surface area contributed by atoms with Crippen LogP contribution in [0.4, 0.5) is 10.6 Å². The summed E-state index contributed by atoms with van der Waals surface area (Å²) in [6.07, 6.45) is 3.74. The topological polar surface area (TPSA) is 112 Å². The van der Waals surface area contributed by atoms with Gasteiger partial charge in [-0.05, 0) is 42.9 Å². The number of pyridine rings is 1. The molecule has 0 radical (unpaired) electrons. The number of carbonyl (C=O) groups is 2. The van der Waals surface area contributed by atoms with Gasteiger partial charge in [0.25, 0.3) is 0 Å². The van der Waals surface area contributed by atoms with Gasteiger partial charge in [0.2, 0.25) is 0 Å². The van der Waals surface area contributed by atoms with Crippen LogP contribution >= 0.6 is 0 Å². The summed E-state index contributed by atoms with van der Waals surface area (Å²) in [4.78, 5) is 31.1. The lowest BCUT2D eigenvalue weighted by Crippen LogP contribution is -2.33. The fourth-order valence-corrected chi connectivity index (χ4v) is 3.58. The van der Waals surface area contributed by atoms with Gasteiger partial charge in [-0.1, -0.05) is 0 Å². The van der Waals surface area contributed by atoms with Crippen LogP contribution in [0.5, 0.6) is 0 Å². The van der Waals surface area contributed by atoms with Gasteiger partial charge in [-0.2, -0.15) is 0 Å². The Morgan fingerprint density at radius 1 is 1.31 bits per heavy atom. The fourth-order valence-electron chi connectivity index (χ4n) is 3.58. The van der Waals surface area contributed by atoms with E-state index in [1.165, 1.54) is 5.56 Å². The molecule has 0 aliphatic carbocycles. The highest BCUT2D eigenvalue weighted by Crippen LogP contribution is 2.23. The number of nitrogens with zero attached hydrogens (tertiary/aromatic N) is 3. The summed E-state index contributed by atoms with van der Waals surface area (Å²) in [5.41, 5.74) is 9.23. The third-order valence-corrected chi connectivity index (χ3v) is 5.02. The van der Waals surface area contributed by atoms with Crippen molar-refractivity contribution in [2.75, 3.05) is 38.0 Å². The molecule has 0 spiro atoms. The summed E-state index contributed by atoms with van der Waals surface area (Å²) in [5.74, 6) is 0.0956. The molecule has 3 rings (SSSR count). The molecule has 26 heavy (non-hydrogen) atoms. The smallest absolute Gasteiger partial charge is 0.320 e. The van der Waals surface area contributed by atoms with Crippen LogP contribution in [0.25, 0.3) is 0 Å². The van der Waals surface area contributed by atoms with E-state index < -0.39 is 5.97 Å². The second-order valence-corrected chi connectivity index (χ2v) is 6.84. The quantitative estimate of drug-likeness (QED) is 0.638. The number of nitrogens with one attached hydrogen (secondary N) is 1. The number of fused-ring (bicyclic) bond motifs is 1. The monoisotopic (exact) mass is 361 g/mol. The number of carboxylic acid groups (broad SMARTS) is 1. The Morgan fingerprint density at radius 2 is 2.08 bits per heavy atom. The van der Waals surface area contributed by atoms with Crippen LogP contribution in [0.15, 0.2) is 6.07 Å². The standard InChI is InChI=1S/C18H27N5O3/c19-12-14-11-13-3-1-6-20-17(13)21-15(14)4-2-7-22-9-10-23(18(22)26)8-5-16(24)25/h11H,1-10,12,19H2,(H,20,21)(H,24,25). The van der Waals surface area contributed by atoms with Crippen molar-refractivity contribution >= 4 is 17.8 Å². The zero-order valence-electron chi connectivity index (χ0n) is 15.0. The first-order chi connectivity index (χ1) is 12.6. The summed E-state index contributed by atoms with van der Waals surface area (Å²) in [6.45, 7) is 3.61. The van der Waals surface area contributed by atoms with Gasteiger partial charge in [0, 0.05) is 45.0 Å². The Hall–Kier alpha value is -2.35. The first-order valence-corrected chi connectivity index (χ1v) is 9.29. The third kappa shape index (κ3) is 4.24. The SMILES string of the molecule is NCc1cc2c(nc1CCCN1CCN(CCC(=O)O)C1=O)NCCC2. The molecule has 0 unspecified atom stereocenters. The number of amides is 2. The molecule has 0 aromatic carbocycles. The Kier molecular flexibility index (Phi) is 5.92. The molecule has 1 saturated heterocycles. The molecular weight excluding hydrogens is 334 g/mol. The molecular formula is C18H27N5O3. The molecule has 2 amide bonds. The van der Waals surface area contributed by atoms with E-state index in [0.717, 1.165) is 49.3 Å². The molecule has 0 saturated carbocycles. The Balaban J connectivity index is 1.53. The Bertz CT molecular complexity index is 679. The number of aliphatic carboxylic acids is 1. The summed E-state index contributed by atoms with van der Waals surface area (Å²) in [6, 6.07) is 2.10. The molecule has 3 heterocycles. The van der Waals surface area contributed by atoms with Crippen LogP contribution in [0.3, 0.4) is 0 Å².